The molecule has 0 heterocycles. The molecule has 1 aliphatic carbocycles. The highest BCUT2D eigenvalue weighted by Gasteiger charge is 2.20. The van der Waals surface area contributed by atoms with E-state index in [1.807, 2.05) is 19.1 Å². The van der Waals surface area contributed by atoms with Crippen molar-refractivity contribution in [1.29, 1.82) is 0 Å². The zero-order valence-corrected chi connectivity index (χ0v) is 8.62. The fourth-order valence-electron chi connectivity index (χ4n) is 1.49. The second-order valence-electron chi connectivity index (χ2n) is 3.70. The molecule has 1 aromatic carbocycles. The number of hydrogen-bond acceptors (Lipinski definition) is 2. The highest BCUT2D eigenvalue weighted by Crippen LogP contribution is 2.22. The van der Waals surface area contributed by atoms with E-state index in [9.17, 15) is 0 Å². The summed E-state index contributed by atoms with van der Waals surface area (Å²) in [5.41, 5.74) is 1.27. The summed E-state index contributed by atoms with van der Waals surface area (Å²) in [6, 6.07) is 9.00. The number of para-hydroxylation sites is 1. The Labute approximate surface area is 85.3 Å². The SMILES string of the molecule is CCOc1ccccc1CNC1CC1. The molecule has 0 aromatic heterocycles. The van der Waals surface area contributed by atoms with Gasteiger partial charge in [0.25, 0.3) is 0 Å². The zero-order chi connectivity index (χ0) is 9.80. The van der Waals surface area contributed by atoms with Crippen LogP contribution in [0.1, 0.15) is 25.3 Å². The molecule has 76 valence electrons. The maximum Gasteiger partial charge on any atom is 0.123 e. The van der Waals surface area contributed by atoms with Crippen molar-refractivity contribution < 1.29 is 4.74 Å². The first kappa shape index (κ1) is 9.53. The first-order chi connectivity index (χ1) is 6.90. The molecule has 1 aliphatic rings. The molecule has 0 aliphatic heterocycles. The van der Waals surface area contributed by atoms with Gasteiger partial charge in [0.1, 0.15) is 5.75 Å². The van der Waals surface area contributed by atoms with Gasteiger partial charge < -0.3 is 10.1 Å². The minimum atomic E-state index is 0.737. The molecule has 1 saturated carbocycles. The number of hydrogen-bond donors (Lipinski definition) is 1. The van der Waals surface area contributed by atoms with Crippen molar-refractivity contribution in [2.75, 3.05) is 6.61 Å². The van der Waals surface area contributed by atoms with Crippen LogP contribution in [-0.2, 0) is 6.54 Å². The largest absolute Gasteiger partial charge is 0.494 e. The molecule has 1 N–H and O–H groups in total. The number of benzene rings is 1. The average Bonchev–Trinajstić information content (AvgIpc) is 3.01. The molecule has 2 heteroatoms. The van der Waals surface area contributed by atoms with Crippen LogP contribution in [0.4, 0.5) is 0 Å². The van der Waals surface area contributed by atoms with Gasteiger partial charge in [-0.15, -0.1) is 0 Å². The lowest BCUT2D eigenvalue weighted by molar-refractivity contribution is 0.335. The smallest absolute Gasteiger partial charge is 0.123 e. The van der Waals surface area contributed by atoms with Crippen molar-refractivity contribution in [1.82, 2.24) is 5.32 Å². The Kier molecular flexibility index (Phi) is 3.04. The Morgan fingerprint density at radius 2 is 2.14 bits per heavy atom. The highest BCUT2D eigenvalue weighted by molar-refractivity contribution is 5.33. The van der Waals surface area contributed by atoms with Gasteiger partial charge in [0.05, 0.1) is 6.61 Å². The molecule has 2 rings (SSSR count). The highest BCUT2D eigenvalue weighted by atomic mass is 16.5. The Bertz CT molecular complexity index is 294. The second kappa shape index (κ2) is 4.47. The Morgan fingerprint density at radius 1 is 1.36 bits per heavy atom. The predicted molar refractivity (Wildman–Crippen MR) is 57.5 cm³/mol. The lowest BCUT2D eigenvalue weighted by atomic mass is 10.2. The molecule has 0 unspecified atom stereocenters. The molecule has 0 atom stereocenters. The van der Waals surface area contributed by atoms with E-state index in [4.69, 9.17) is 4.74 Å². The van der Waals surface area contributed by atoms with Crippen LogP contribution >= 0.6 is 0 Å². The Balaban J connectivity index is 1.97. The maximum absolute atomic E-state index is 5.55. The summed E-state index contributed by atoms with van der Waals surface area (Å²) in [4.78, 5) is 0. The van der Waals surface area contributed by atoms with E-state index in [0.717, 1.165) is 24.9 Å². The minimum absolute atomic E-state index is 0.737. The molecule has 1 aromatic rings. The van der Waals surface area contributed by atoms with Gasteiger partial charge in [-0.1, -0.05) is 18.2 Å². The topological polar surface area (TPSA) is 21.3 Å². The quantitative estimate of drug-likeness (QED) is 0.771. The van der Waals surface area contributed by atoms with Crippen LogP contribution in [0.15, 0.2) is 24.3 Å². The molecule has 0 amide bonds. The molecular weight excluding hydrogens is 174 g/mol. The van der Waals surface area contributed by atoms with E-state index >= 15 is 0 Å². The van der Waals surface area contributed by atoms with Gasteiger partial charge in [-0.2, -0.15) is 0 Å². The van der Waals surface area contributed by atoms with E-state index in [1.165, 1.54) is 18.4 Å². The van der Waals surface area contributed by atoms with E-state index in [-0.39, 0.29) is 0 Å². The number of nitrogens with one attached hydrogen (secondary N) is 1. The monoisotopic (exact) mass is 191 g/mol. The maximum atomic E-state index is 5.55. The zero-order valence-electron chi connectivity index (χ0n) is 8.62. The van der Waals surface area contributed by atoms with Crippen molar-refractivity contribution in [2.24, 2.45) is 0 Å². The van der Waals surface area contributed by atoms with E-state index in [0.29, 0.717) is 0 Å². The van der Waals surface area contributed by atoms with Crippen molar-refractivity contribution >= 4 is 0 Å². The van der Waals surface area contributed by atoms with Crippen LogP contribution in [0.2, 0.25) is 0 Å². The summed E-state index contributed by atoms with van der Waals surface area (Å²) >= 11 is 0. The minimum Gasteiger partial charge on any atom is -0.494 e. The molecule has 0 saturated heterocycles. The Morgan fingerprint density at radius 3 is 2.86 bits per heavy atom. The number of rotatable bonds is 5. The molecule has 0 bridgehead atoms. The van der Waals surface area contributed by atoms with Gasteiger partial charge in [0, 0.05) is 18.2 Å². The first-order valence-corrected chi connectivity index (χ1v) is 5.34. The van der Waals surface area contributed by atoms with Gasteiger partial charge >= 0.3 is 0 Å². The van der Waals surface area contributed by atoms with Crippen molar-refractivity contribution in [3.63, 3.8) is 0 Å². The summed E-state index contributed by atoms with van der Waals surface area (Å²) in [5, 5.41) is 3.49. The third-order valence-electron chi connectivity index (χ3n) is 2.43. The fourth-order valence-corrected chi connectivity index (χ4v) is 1.49. The van der Waals surface area contributed by atoms with Gasteiger partial charge in [-0.05, 0) is 25.8 Å². The summed E-state index contributed by atoms with van der Waals surface area (Å²) in [7, 11) is 0. The van der Waals surface area contributed by atoms with Crippen LogP contribution in [0, 0.1) is 0 Å². The normalized spacial score (nSPS) is 15.5. The lowest BCUT2D eigenvalue weighted by Crippen LogP contribution is -2.16. The van der Waals surface area contributed by atoms with Gasteiger partial charge in [-0.3, -0.25) is 0 Å². The summed E-state index contributed by atoms with van der Waals surface area (Å²) in [6.45, 7) is 3.69. The van der Waals surface area contributed by atoms with Crippen LogP contribution < -0.4 is 10.1 Å². The predicted octanol–water partition coefficient (Wildman–Crippen LogP) is 2.34. The molecule has 1 fully saturated rings. The first-order valence-electron chi connectivity index (χ1n) is 5.34. The van der Waals surface area contributed by atoms with Gasteiger partial charge in [0.15, 0.2) is 0 Å². The molecular formula is C12H17NO. The fraction of sp³-hybridized carbons (Fsp3) is 0.500. The lowest BCUT2D eigenvalue weighted by Gasteiger charge is -2.10. The molecule has 0 spiro atoms. The van der Waals surface area contributed by atoms with Crippen molar-refractivity contribution in [3.05, 3.63) is 29.8 Å². The van der Waals surface area contributed by atoms with Crippen LogP contribution in [0.25, 0.3) is 0 Å². The Hall–Kier alpha value is -1.02. The van der Waals surface area contributed by atoms with Crippen LogP contribution in [0.3, 0.4) is 0 Å². The van der Waals surface area contributed by atoms with Crippen molar-refractivity contribution in [2.45, 2.75) is 32.4 Å². The van der Waals surface area contributed by atoms with Crippen LogP contribution in [0.5, 0.6) is 5.75 Å². The third kappa shape index (κ3) is 2.48. The average molecular weight is 191 g/mol. The number of ether oxygens (including phenoxy) is 1. The van der Waals surface area contributed by atoms with Gasteiger partial charge in [-0.25, -0.2) is 0 Å². The van der Waals surface area contributed by atoms with E-state index in [1.54, 1.807) is 0 Å². The second-order valence-corrected chi connectivity index (χ2v) is 3.70. The van der Waals surface area contributed by atoms with Crippen molar-refractivity contribution in [3.8, 4) is 5.75 Å². The summed E-state index contributed by atoms with van der Waals surface area (Å²) in [6.07, 6.45) is 2.66. The standard InChI is InChI=1S/C12H17NO/c1-2-14-12-6-4-3-5-10(12)9-13-11-7-8-11/h3-6,11,13H,2,7-9H2,1H3. The van der Waals surface area contributed by atoms with E-state index in [2.05, 4.69) is 17.4 Å². The molecule has 2 nitrogen and oxygen atoms in total. The third-order valence-corrected chi connectivity index (χ3v) is 2.43. The summed E-state index contributed by atoms with van der Waals surface area (Å²) < 4.78 is 5.55. The van der Waals surface area contributed by atoms with Gasteiger partial charge in [0.2, 0.25) is 0 Å². The molecule has 14 heavy (non-hydrogen) atoms. The van der Waals surface area contributed by atoms with E-state index < -0.39 is 0 Å². The molecule has 0 radical (unpaired) electrons. The van der Waals surface area contributed by atoms with Crippen LogP contribution in [-0.4, -0.2) is 12.6 Å². The summed E-state index contributed by atoms with van der Waals surface area (Å²) in [5.74, 6) is 1.02.